The minimum absolute atomic E-state index is 0.277. The number of halogens is 1. The monoisotopic (exact) mass is 272 g/mol. The van der Waals surface area contributed by atoms with Crippen LogP contribution in [0.15, 0.2) is 24.3 Å². The number of nitrogens with two attached hydrogens (primary N) is 1. The first kappa shape index (κ1) is 10.6. The van der Waals surface area contributed by atoms with Gasteiger partial charge >= 0.3 is 0 Å². The van der Waals surface area contributed by atoms with Gasteiger partial charge in [-0.1, -0.05) is 12.1 Å². The van der Waals surface area contributed by atoms with E-state index in [1.807, 2.05) is 28.7 Å². The maximum atomic E-state index is 5.99. The highest BCUT2D eigenvalue weighted by Gasteiger charge is 2.16. The normalized spacial score (nSPS) is 11.8. The highest BCUT2D eigenvalue weighted by Crippen LogP contribution is 2.27. The van der Waals surface area contributed by atoms with Crippen LogP contribution in [0.3, 0.4) is 0 Å². The molecule has 0 aliphatic heterocycles. The molecule has 19 heavy (non-hydrogen) atoms. The van der Waals surface area contributed by atoms with Crippen molar-refractivity contribution in [1.82, 2.24) is 24.6 Å². The van der Waals surface area contributed by atoms with E-state index < -0.39 is 0 Å². The molecule has 3 heterocycles. The van der Waals surface area contributed by atoms with Crippen molar-refractivity contribution in [2.45, 2.75) is 5.88 Å². The van der Waals surface area contributed by atoms with Gasteiger partial charge < -0.3 is 5.73 Å². The van der Waals surface area contributed by atoms with E-state index in [0.717, 1.165) is 22.1 Å². The molecule has 7 heteroatoms. The van der Waals surface area contributed by atoms with Crippen LogP contribution in [0.5, 0.6) is 0 Å². The third-order valence-corrected chi connectivity index (χ3v) is 3.41. The molecule has 3 aromatic heterocycles. The Hall–Kier alpha value is -2.34. The topological polar surface area (TPSA) is 84.9 Å². The Balaban J connectivity index is 2.37. The number of aromatic amines is 1. The maximum absolute atomic E-state index is 5.99. The number of imidazole rings is 1. The van der Waals surface area contributed by atoms with Gasteiger partial charge in [-0.2, -0.15) is 5.10 Å². The van der Waals surface area contributed by atoms with Crippen molar-refractivity contribution in [3.05, 3.63) is 30.1 Å². The van der Waals surface area contributed by atoms with Gasteiger partial charge in [0, 0.05) is 0 Å². The number of alkyl halides is 1. The van der Waals surface area contributed by atoms with Crippen LogP contribution in [-0.4, -0.2) is 24.6 Å². The van der Waals surface area contributed by atoms with Crippen LogP contribution < -0.4 is 5.73 Å². The second kappa shape index (κ2) is 3.58. The fourth-order valence-corrected chi connectivity index (χ4v) is 2.54. The number of nitrogens with zero attached hydrogens (tertiary/aromatic N) is 4. The lowest BCUT2D eigenvalue weighted by molar-refractivity contribution is 0.998. The molecule has 0 saturated carbocycles. The summed E-state index contributed by atoms with van der Waals surface area (Å²) in [5, 5.41) is 7.53. The number of rotatable bonds is 1. The molecule has 94 valence electrons. The smallest absolute Gasteiger partial charge is 0.188 e. The maximum Gasteiger partial charge on any atom is 0.188 e. The summed E-state index contributed by atoms with van der Waals surface area (Å²) in [6.07, 6.45) is 0. The first-order chi connectivity index (χ1) is 9.29. The molecular weight excluding hydrogens is 264 g/mol. The molecule has 0 fully saturated rings. The van der Waals surface area contributed by atoms with Gasteiger partial charge in [0.05, 0.1) is 16.9 Å². The van der Waals surface area contributed by atoms with E-state index in [2.05, 4.69) is 20.2 Å². The molecule has 0 aliphatic carbocycles. The summed E-state index contributed by atoms with van der Waals surface area (Å²) in [6.45, 7) is 0. The zero-order valence-electron chi connectivity index (χ0n) is 9.76. The van der Waals surface area contributed by atoms with Gasteiger partial charge in [-0.15, -0.1) is 11.6 Å². The summed E-state index contributed by atoms with van der Waals surface area (Å²) in [5.74, 6) is 1.44. The molecule has 1 aromatic carbocycles. The SMILES string of the molecule is Nc1[nH]nc2nc(CCl)n3c4ccccc4nc3c12. The number of hydrogen-bond donors (Lipinski definition) is 2. The van der Waals surface area contributed by atoms with Crippen LogP contribution in [0.25, 0.3) is 27.7 Å². The molecule has 0 atom stereocenters. The molecule has 0 saturated heterocycles. The second-order valence-electron chi connectivity index (χ2n) is 4.26. The number of para-hydroxylation sites is 2. The number of hydrogen-bond acceptors (Lipinski definition) is 4. The third kappa shape index (κ3) is 1.29. The number of nitrogen functional groups attached to an aromatic ring is 1. The minimum atomic E-state index is 0.277. The third-order valence-electron chi connectivity index (χ3n) is 3.17. The van der Waals surface area contributed by atoms with Crippen LogP contribution >= 0.6 is 11.6 Å². The number of fused-ring (bicyclic) bond motifs is 5. The summed E-state index contributed by atoms with van der Waals surface area (Å²) in [4.78, 5) is 9.04. The molecule has 0 bridgehead atoms. The van der Waals surface area contributed by atoms with Crippen LogP contribution in [0.4, 0.5) is 5.82 Å². The van der Waals surface area contributed by atoms with Crippen LogP contribution in [-0.2, 0) is 5.88 Å². The van der Waals surface area contributed by atoms with Crippen molar-refractivity contribution < 1.29 is 0 Å². The van der Waals surface area contributed by atoms with Crippen molar-refractivity contribution in [1.29, 1.82) is 0 Å². The molecule has 6 nitrogen and oxygen atoms in total. The quantitative estimate of drug-likeness (QED) is 0.520. The van der Waals surface area contributed by atoms with Gasteiger partial charge in [-0.3, -0.25) is 9.50 Å². The van der Waals surface area contributed by atoms with Gasteiger partial charge in [0.2, 0.25) is 0 Å². The van der Waals surface area contributed by atoms with Gasteiger partial charge in [-0.05, 0) is 12.1 Å². The van der Waals surface area contributed by atoms with Crippen LogP contribution in [0.2, 0.25) is 0 Å². The molecular formula is C12H9ClN6. The summed E-state index contributed by atoms with van der Waals surface area (Å²) < 4.78 is 1.93. The average molecular weight is 273 g/mol. The van der Waals surface area contributed by atoms with E-state index in [0.29, 0.717) is 17.3 Å². The highest BCUT2D eigenvalue weighted by molar-refractivity contribution is 6.17. The molecule has 4 rings (SSSR count). The van der Waals surface area contributed by atoms with Gasteiger partial charge in [0.1, 0.15) is 17.0 Å². The Kier molecular flexibility index (Phi) is 1.99. The van der Waals surface area contributed by atoms with E-state index >= 15 is 0 Å². The fourth-order valence-electron chi connectivity index (χ4n) is 2.36. The fraction of sp³-hybridized carbons (Fsp3) is 0.0833. The van der Waals surface area contributed by atoms with Gasteiger partial charge in [0.25, 0.3) is 0 Å². The van der Waals surface area contributed by atoms with Crippen LogP contribution in [0.1, 0.15) is 5.82 Å². The Bertz CT molecular complexity index is 922. The lowest BCUT2D eigenvalue weighted by atomic mass is 10.3. The van der Waals surface area contributed by atoms with Crippen molar-refractivity contribution in [2.75, 3.05) is 5.73 Å². The largest absolute Gasteiger partial charge is 0.383 e. The van der Waals surface area contributed by atoms with Crippen molar-refractivity contribution in [3.63, 3.8) is 0 Å². The van der Waals surface area contributed by atoms with Crippen LogP contribution in [0, 0.1) is 0 Å². The lowest BCUT2D eigenvalue weighted by Gasteiger charge is -2.02. The summed E-state index contributed by atoms with van der Waals surface area (Å²) >= 11 is 5.99. The molecule has 0 aliphatic rings. The molecule has 0 radical (unpaired) electrons. The van der Waals surface area contributed by atoms with E-state index in [-0.39, 0.29) is 5.88 Å². The standard InChI is InChI=1S/C12H9ClN6/c13-5-8-16-11-9(10(14)17-18-11)12-15-6-3-1-2-4-7(6)19(8)12/h1-4H,5H2,(H3,14,17,18). The van der Waals surface area contributed by atoms with Crippen molar-refractivity contribution >= 4 is 45.1 Å². The molecule has 0 spiro atoms. The Labute approximate surface area is 112 Å². The summed E-state index contributed by atoms with van der Waals surface area (Å²) in [7, 11) is 0. The Morgan fingerprint density at radius 2 is 2.11 bits per heavy atom. The Morgan fingerprint density at radius 1 is 1.26 bits per heavy atom. The second-order valence-corrected chi connectivity index (χ2v) is 4.52. The molecule has 4 aromatic rings. The minimum Gasteiger partial charge on any atom is -0.383 e. The van der Waals surface area contributed by atoms with E-state index in [1.165, 1.54) is 0 Å². The zero-order valence-corrected chi connectivity index (χ0v) is 10.5. The first-order valence-corrected chi connectivity index (χ1v) is 6.28. The number of H-pyrrole nitrogens is 1. The van der Waals surface area contributed by atoms with Crippen molar-refractivity contribution in [3.8, 4) is 0 Å². The Morgan fingerprint density at radius 3 is 2.95 bits per heavy atom. The van der Waals surface area contributed by atoms with E-state index in [1.54, 1.807) is 0 Å². The first-order valence-electron chi connectivity index (χ1n) is 5.75. The number of benzene rings is 1. The number of nitrogens with one attached hydrogen (secondary N) is 1. The summed E-state index contributed by atoms with van der Waals surface area (Å²) in [6, 6.07) is 7.83. The summed E-state index contributed by atoms with van der Waals surface area (Å²) in [5.41, 5.74) is 9.02. The molecule has 0 unspecified atom stereocenters. The average Bonchev–Trinajstić information content (AvgIpc) is 2.98. The van der Waals surface area contributed by atoms with E-state index in [4.69, 9.17) is 17.3 Å². The highest BCUT2D eigenvalue weighted by atomic mass is 35.5. The van der Waals surface area contributed by atoms with Gasteiger partial charge in [0.15, 0.2) is 11.3 Å². The van der Waals surface area contributed by atoms with Gasteiger partial charge in [-0.25, -0.2) is 9.97 Å². The molecule has 3 N–H and O–H groups in total. The predicted octanol–water partition coefficient (Wildman–Crippen LogP) is 2.08. The number of anilines is 1. The zero-order chi connectivity index (χ0) is 13.0. The lowest BCUT2D eigenvalue weighted by Crippen LogP contribution is -1.99. The number of aromatic nitrogens is 5. The van der Waals surface area contributed by atoms with Crippen molar-refractivity contribution in [2.24, 2.45) is 0 Å². The van der Waals surface area contributed by atoms with E-state index in [9.17, 15) is 0 Å². The molecule has 0 amide bonds. The predicted molar refractivity (Wildman–Crippen MR) is 74.1 cm³/mol.